The average molecular weight is 293 g/mol. The molecule has 1 atom stereocenters. The number of aromatic nitrogens is 3. The van der Waals surface area contributed by atoms with Crippen LogP contribution in [0.5, 0.6) is 0 Å². The standard InChI is InChI=1S/C14H16FN3OS/c1-9(11-4-2-3-5-12(11)15)20-14-17-16-13(8-19)18(14)10-6-7-10/h2-5,9-10,19H,6-8H2,1H3. The Hall–Kier alpha value is -1.40. The van der Waals surface area contributed by atoms with Gasteiger partial charge in [-0.2, -0.15) is 0 Å². The molecule has 1 fully saturated rings. The lowest BCUT2D eigenvalue weighted by Gasteiger charge is -2.13. The second kappa shape index (κ2) is 5.54. The Bertz CT molecular complexity index is 612. The van der Waals surface area contributed by atoms with Gasteiger partial charge < -0.3 is 9.67 Å². The number of benzene rings is 1. The van der Waals surface area contributed by atoms with Gasteiger partial charge in [-0.1, -0.05) is 30.0 Å². The zero-order valence-electron chi connectivity index (χ0n) is 11.2. The first-order chi connectivity index (χ1) is 9.70. The largest absolute Gasteiger partial charge is 0.388 e. The third-order valence-corrected chi connectivity index (χ3v) is 4.51. The Kier molecular flexibility index (Phi) is 3.76. The van der Waals surface area contributed by atoms with E-state index in [2.05, 4.69) is 10.2 Å². The quantitative estimate of drug-likeness (QED) is 0.861. The SMILES string of the molecule is CC(Sc1nnc(CO)n1C1CC1)c1ccccc1F. The van der Waals surface area contributed by atoms with E-state index < -0.39 is 0 Å². The maximum absolute atomic E-state index is 13.8. The average Bonchev–Trinajstić information content (AvgIpc) is 3.21. The van der Waals surface area contributed by atoms with Gasteiger partial charge in [-0.3, -0.25) is 0 Å². The summed E-state index contributed by atoms with van der Waals surface area (Å²) in [5.74, 6) is 0.392. The smallest absolute Gasteiger partial charge is 0.192 e. The molecular formula is C14H16FN3OS. The van der Waals surface area contributed by atoms with Gasteiger partial charge in [0.2, 0.25) is 0 Å². The summed E-state index contributed by atoms with van der Waals surface area (Å²) in [6.07, 6.45) is 2.18. The van der Waals surface area contributed by atoms with E-state index in [9.17, 15) is 9.50 Å². The highest BCUT2D eigenvalue weighted by Crippen LogP contribution is 2.42. The Labute approximate surface area is 121 Å². The molecule has 0 saturated heterocycles. The minimum Gasteiger partial charge on any atom is -0.388 e. The van der Waals surface area contributed by atoms with Crippen molar-refractivity contribution >= 4 is 11.8 Å². The molecule has 0 amide bonds. The first-order valence-corrected chi connectivity index (χ1v) is 7.54. The topological polar surface area (TPSA) is 50.9 Å². The number of hydrogen-bond acceptors (Lipinski definition) is 4. The molecule has 1 saturated carbocycles. The summed E-state index contributed by atoms with van der Waals surface area (Å²) < 4.78 is 15.8. The molecule has 0 spiro atoms. The van der Waals surface area contributed by atoms with E-state index in [1.165, 1.54) is 17.8 Å². The molecular weight excluding hydrogens is 277 g/mol. The predicted molar refractivity (Wildman–Crippen MR) is 74.9 cm³/mol. The van der Waals surface area contributed by atoms with E-state index in [1.807, 2.05) is 17.6 Å². The van der Waals surface area contributed by atoms with Crippen LogP contribution < -0.4 is 0 Å². The third kappa shape index (κ3) is 2.58. The van der Waals surface area contributed by atoms with Crippen LogP contribution in [-0.2, 0) is 6.61 Å². The Balaban J connectivity index is 1.84. The van der Waals surface area contributed by atoms with Crippen molar-refractivity contribution in [3.8, 4) is 0 Å². The predicted octanol–water partition coefficient (Wildman–Crippen LogP) is 3.10. The zero-order valence-corrected chi connectivity index (χ0v) is 12.0. The molecule has 1 N–H and O–H groups in total. The van der Waals surface area contributed by atoms with Crippen molar-refractivity contribution < 1.29 is 9.50 Å². The molecule has 6 heteroatoms. The van der Waals surface area contributed by atoms with Crippen molar-refractivity contribution in [2.45, 2.75) is 42.8 Å². The van der Waals surface area contributed by atoms with Crippen molar-refractivity contribution in [3.63, 3.8) is 0 Å². The summed E-state index contributed by atoms with van der Waals surface area (Å²) in [4.78, 5) is 0. The maximum atomic E-state index is 13.8. The van der Waals surface area contributed by atoms with Crippen LogP contribution in [0.15, 0.2) is 29.4 Å². The lowest BCUT2D eigenvalue weighted by molar-refractivity contribution is 0.263. The van der Waals surface area contributed by atoms with Crippen LogP contribution in [0.1, 0.15) is 42.4 Å². The Morgan fingerprint density at radius 2 is 2.15 bits per heavy atom. The summed E-state index contributed by atoms with van der Waals surface area (Å²) in [6.45, 7) is 1.84. The van der Waals surface area contributed by atoms with E-state index in [0.717, 1.165) is 18.0 Å². The van der Waals surface area contributed by atoms with Crippen molar-refractivity contribution in [1.82, 2.24) is 14.8 Å². The fourth-order valence-electron chi connectivity index (χ4n) is 2.22. The third-order valence-electron chi connectivity index (χ3n) is 3.41. The van der Waals surface area contributed by atoms with Gasteiger partial charge in [0.25, 0.3) is 0 Å². The maximum Gasteiger partial charge on any atom is 0.192 e. The van der Waals surface area contributed by atoms with Gasteiger partial charge in [0.1, 0.15) is 12.4 Å². The lowest BCUT2D eigenvalue weighted by Crippen LogP contribution is -2.04. The molecule has 1 heterocycles. The van der Waals surface area contributed by atoms with Gasteiger partial charge >= 0.3 is 0 Å². The van der Waals surface area contributed by atoms with E-state index >= 15 is 0 Å². The molecule has 1 aromatic heterocycles. The second-order valence-corrected chi connectivity index (χ2v) is 6.25. The molecule has 4 nitrogen and oxygen atoms in total. The van der Waals surface area contributed by atoms with Gasteiger partial charge in [-0.25, -0.2) is 4.39 Å². The van der Waals surface area contributed by atoms with E-state index in [4.69, 9.17) is 0 Å². The van der Waals surface area contributed by atoms with E-state index in [0.29, 0.717) is 17.4 Å². The number of aliphatic hydroxyl groups is 1. The number of nitrogens with zero attached hydrogens (tertiary/aromatic N) is 3. The van der Waals surface area contributed by atoms with Gasteiger partial charge in [0, 0.05) is 16.9 Å². The molecule has 20 heavy (non-hydrogen) atoms. The molecule has 0 radical (unpaired) electrons. The van der Waals surface area contributed by atoms with Crippen LogP contribution in [0.4, 0.5) is 4.39 Å². The fourth-order valence-corrected chi connectivity index (χ4v) is 3.31. The number of aliphatic hydroxyl groups excluding tert-OH is 1. The minimum atomic E-state index is -0.202. The molecule has 0 aliphatic heterocycles. The summed E-state index contributed by atoms with van der Waals surface area (Å²) in [6, 6.07) is 7.17. The summed E-state index contributed by atoms with van der Waals surface area (Å²) in [7, 11) is 0. The number of thioether (sulfide) groups is 1. The molecule has 1 aliphatic carbocycles. The van der Waals surface area contributed by atoms with Crippen LogP contribution in [0.2, 0.25) is 0 Å². The Morgan fingerprint density at radius 1 is 1.40 bits per heavy atom. The van der Waals surface area contributed by atoms with Crippen LogP contribution in [0.25, 0.3) is 0 Å². The molecule has 1 aliphatic rings. The van der Waals surface area contributed by atoms with E-state index in [-0.39, 0.29) is 17.7 Å². The zero-order chi connectivity index (χ0) is 14.1. The monoisotopic (exact) mass is 293 g/mol. The second-order valence-electron chi connectivity index (χ2n) is 4.94. The van der Waals surface area contributed by atoms with Gasteiger partial charge in [0.15, 0.2) is 11.0 Å². The fraction of sp³-hybridized carbons (Fsp3) is 0.429. The van der Waals surface area contributed by atoms with Crippen molar-refractivity contribution in [3.05, 3.63) is 41.5 Å². The number of rotatable bonds is 5. The highest BCUT2D eigenvalue weighted by molar-refractivity contribution is 7.99. The molecule has 3 rings (SSSR count). The molecule has 1 unspecified atom stereocenters. The number of halogens is 1. The molecule has 106 valence electrons. The van der Waals surface area contributed by atoms with Gasteiger partial charge in [0.05, 0.1) is 0 Å². The molecule has 0 bridgehead atoms. The van der Waals surface area contributed by atoms with Crippen molar-refractivity contribution in [2.24, 2.45) is 0 Å². The molecule has 2 aromatic rings. The summed E-state index contributed by atoms with van der Waals surface area (Å²) >= 11 is 1.48. The van der Waals surface area contributed by atoms with Crippen molar-refractivity contribution in [2.75, 3.05) is 0 Å². The molecule has 1 aromatic carbocycles. The van der Waals surface area contributed by atoms with Crippen LogP contribution in [0, 0.1) is 5.82 Å². The summed E-state index contributed by atoms with van der Waals surface area (Å²) in [5.41, 5.74) is 0.661. The normalized spacial score (nSPS) is 16.4. The van der Waals surface area contributed by atoms with Crippen LogP contribution in [0.3, 0.4) is 0 Å². The van der Waals surface area contributed by atoms with Gasteiger partial charge in [-0.05, 0) is 25.8 Å². The highest BCUT2D eigenvalue weighted by Gasteiger charge is 2.30. The Morgan fingerprint density at radius 3 is 2.80 bits per heavy atom. The minimum absolute atomic E-state index is 0.0514. The van der Waals surface area contributed by atoms with E-state index in [1.54, 1.807) is 12.1 Å². The van der Waals surface area contributed by atoms with Crippen LogP contribution in [-0.4, -0.2) is 19.9 Å². The summed E-state index contributed by atoms with van der Waals surface area (Å²) in [5, 5.41) is 18.2. The first-order valence-electron chi connectivity index (χ1n) is 6.66. The first kappa shape index (κ1) is 13.6. The van der Waals surface area contributed by atoms with Gasteiger partial charge in [-0.15, -0.1) is 10.2 Å². The van der Waals surface area contributed by atoms with Crippen LogP contribution >= 0.6 is 11.8 Å². The number of hydrogen-bond donors (Lipinski definition) is 1. The lowest BCUT2D eigenvalue weighted by atomic mass is 10.1. The van der Waals surface area contributed by atoms with Crippen molar-refractivity contribution in [1.29, 1.82) is 0 Å². The highest BCUT2D eigenvalue weighted by atomic mass is 32.2.